The van der Waals surface area contributed by atoms with Gasteiger partial charge in [0.2, 0.25) is 0 Å². The third-order valence-electron chi connectivity index (χ3n) is 3.26. The molecule has 0 amide bonds. The first-order valence-electron chi connectivity index (χ1n) is 6.74. The van der Waals surface area contributed by atoms with Crippen LogP contribution in [-0.2, 0) is 6.42 Å². The number of hydrogen-bond donors (Lipinski definition) is 2. The topological polar surface area (TPSA) is 32.3 Å². The van der Waals surface area contributed by atoms with E-state index in [2.05, 4.69) is 60.8 Å². The molecule has 100 valence electrons. The van der Waals surface area contributed by atoms with Gasteiger partial charge in [0.1, 0.15) is 0 Å². The van der Waals surface area contributed by atoms with E-state index in [4.69, 9.17) is 5.11 Å². The zero-order valence-corrected chi connectivity index (χ0v) is 11.3. The highest BCUT2D eigenvalue weighted by molar-refractivity contribution is 5.26. The van der Waals surface area contributed by atoms with Crippen LogP contribution >= 0.6 is 0 Å². The van der Waals surface area contributed by atoms with E-state index >= 15 is 0 Å². The minimum Gasteiger partial charge on any atom is -0.395 e. The van der Waals surface area contributed by atoms with Gasteiger partial charge >= 0.3 is 0 Å². The van der Waals surface area contributed by atoms with Gasteiger partial charge in [-0.2, -0.15) is 0 Å². The molecule has 0 aromatic heterocycles. The molecule has 0 saturated heterocycles. The fourth-order valence-electron chi connectivity index (χ4n) is 2.20. The van der Waals surface area contributed by atoms with Crippen LogP contribution in [0.1, 0.15) is 22.7 Å². The Labute approximate surface area is 115 Å². The Morgan fingerprint density at radius 1 is 1.00 bits per heavy atom. The molecule has 0 fully saturated rings. The summed E-state index contributed by atoms with van der Waals surface area (Å²) in [4.78, 5) is 0. The maximum atomic E-state index is 9.01. The summed E-state index contributed by atoms with van der Waals surface area (Å²) in [7, 11) is 0. The van der Waals surface area contributed by atoms with Gasteiger partial charge in [0.25, 0.3) is 0 Å². The first kappa shape index (κ1) is 13.8. The summed E-state index contributed by atoms with van der Waals surface area (Å²) >= 11 is 0. The number of benzene rings is 2. The molecule has 0 aliphatic heterocycles. The highest BCUT2D eigenvalue weighted by Crippen LogP contribution is 2.18. The molecule has 0 aliphatic carbocycles. The second-order valence-electron chi connectivity index (χ2n) is 4.83. The Morgan fingerprint density at radius 3 is 2.32 bits per heavy atom. The predicted molar refractivity (Wildman–Crippen MR) is 79.2 cm³/mol. The zero-order chi connectivity index (χ0) is 13.5. The lowest BCUT2D eigenvalue weighted by atomic mass is 9.98. The monoisotopic (exact) mass is 255 g/mol. The Bertz CT molecular complexity index is 478. The number of hydrogen-bond acceptors (Lipinski definition) is 2. The summed E-state index contributed by atoms with van der Waals surface area (Å²) < 4.78 is 0. The van der Waals surface area contributed by atoms with Gasteiger partial charge in [-0.05, 0) is 24.5 Å². The molecule has 2 N–H and O–H groups in total. The van der Waals surface area contributed by atoms with Crippen LogP contribution in [0.15, 0.2) is 54.6 Å². The minimum absolute atomic E-state index is 0.164. The molecule has 0 unspecified atom stereocenters. The molecule has 2 rings (SSSR count). The maximum absolute atomic E-state index is 9.01. The quantitative estimate of drug-likeness (QED) is 0.832. The van der Waals surface area contributed by atoms with Crippen LogP contribution in [0, 0.1) is 6.92 Å². The summed E-state index contributed by atoms with van der Waals surface area (Å²) in [5.41, 5.74) is 3.84. The molecule has 0 radical (unpaired) electrons. The van der Waals surface area contributed by atoms with Crippen LogP contribution in [-0.4, -0.2) is 18.3 Å². The van der Waals surface area contributed by atoms with Crippen molar-refractivity contribution in [2.45, 2.75) is 19.4 Å². The molecule has 2 nitrogen and oxygen atoms in total. The molecule has 19 heavy (non-hydrogen) atoms. The first-order valence-corrected chi connectivity index (χ1v) is 6.74. The van der Waals surface area contributed by atoms with E-state index in [0.717, 1.165) is 6.42 Å². The van der Waals surface area contributed by atoms with E-state index in [0.29, 0.717) is 6.54 Å². The van der Waals surface area contributed by atoms with E-state index in [9.17, 15) is 0 Å². The van der Waals surface area contributed by atoms with E-state index in [1.54, 1.807) is 0 Å². The molecular weight excluding hydrogens is 234 g/mol. The standard InChI is InChI=1S/C17H21NO/c1-14-7-9-16(10-8-14)17(18-11-12-19)13-15-5-3-2-4-6-15/h2-10,17-19H,11-13H2,1H3/t17-/m1/s1. The number of aryl methyl sites for hydroxylation is 1. The molecule has 0 bridgehead atoms. The predicted octanol–water partition coefficient (Wildman–Crippen LogP) is 2.86. The summed E-state index contributed by atoms with van der Waals surface area (Å²) in [6.07, 6.45) is 0.934. The van der Waals surface area contributed by atoms with Gasteiger partial charge in [-0.3, -0.25) is 0 Å². The van der Waals surface area contributed by atoms with Gasteiger partial charge in [-0.25, -0.2) is 0 Å². The molecule has 1 atom stereocenters. The molecular formula is C17H21NO. The Hall–Kier alpha value is -1.64. The molecule has 2 aromatic carbocycles. The van der Waals surface area contributed by atoms with Crippen molar-refractivity contribution in [3.63, 3.8) is 0 Å². The number of aliphatic hydroxyl groups is 1. The molecule has 0 heterocycles. The summed E-state index contributed by atoms with van der Waals surface area (Å²) in [6, 6.07) is 19.3. The first-order chi connectivity index (χ1) is 9.29. The summed E-state index contributed by atoms with van der Waals surface area (Å²) in [5.74, 6) is 0. The van der Waals surface area contributed by atoms with E-state index < -0.39 is 0 Å². The van der Waals surface area contributed by atoms with Crippen molar-refractivity contribution in [3.8, 4) is 0 Å². The summed E-state index contributed by atoms with van der Waals surface area (Å²) in [5, 5.41) is 12.4. The van der Waals surface area contributed by atoms with Crippen LogP contribution in [0.2, 0.25) is 0 Å². The Morgan fingerprint density at radius 2 is 1.68 bits per heavy atom. The fraction of sp³-hybridized carbons (Fsp3) is 0.294. The van der Waals surface area contributed by atoms with Gasteiger partial charge in [0.15, 0.2) is 0 Å². The normalized spacial score (nSPS) is 12.3. The van der Waals surface area contributed by atoms with Gasteiger partial charge in [0, 0.05) is 12.6 Å². The van der Waals surface area contributed by atoms with Crippen molar-refractivity contribution in [2.24, 2.45) is 0 Å². The average Bonchev–Trinajstić information content (AvgIpc) is 2.45. The smallest absolute Gasteiger partial charge is 0.0556 e. The molecule has 2 heteroatoms. The van der Waals surface area contributed by atoms with Crippen molar-refractivity contribution in [1.82, 2.24) is 5.32 Å². The van der Waals surface area contributed by atoms with Crippen LogP contribution in [0.4, 0.5) is 0 Å². The van der Waals surface area contributed by atoms with Gasteiger partial charge in [-0.1, -0.05) is 60.2 Å². The van der Waals surface area contributed by atoms with Crippen molar-refractivity contribution in [1.29, 1.82) is 0 Å². The largest absolute Gasteiger partial charge is 0.395 e. The van der Waals surface area contributed by atoms with E-state index in [1.165, 1.54) is 16.7 Å². The molecule has 0 aliphatic rings. The lowest BCUT2D eigenvalue weighted by molar-refractivity contribution is 0.284. The second-order valence-corrected chi connectivity index (χ2v) is 4.83. The minimum atomic E-state index is 0.164. The highest BCUT2D eigenvalue weighted by atomic mass is 16.3. The van der Waals surface area contributed by atoms with Crippen LogP contribution in [0.5, 0.6) is 0 Å². The van der Waals surface area contributed by atoms with Gasteiger partial charge in [0.05, 0.1) is 6.61 Å². The van der Waals surface area contributed by atoms with Crippen molar-refractivity contribution >= 4 is 0 Å². The summed E-state index contributed by atoms with van der Waals surface area (Å²) in [6.45, 7) is 2.87. The Kier molecular flexibility index (Phi) is 5.13. The van der Waals surface area contributed by atoms with E-state index in [-0.39, 0.29) is 12.6 Å². The van der Waals surface area contributed by atoms with Crippen LogP contribution < -0.4 is 5.32 Å². The number of aliphatic hydroxyl groups excluding tert-OH is 1. The molecule has 0 saturated carbocycles. The van der Waals surface area contributed by atoms with Crippen molar-refractivity contribution in [2.75, 3.05) is 13.2 Å². The fourth-order valence-corrected chi connectivity index (χ4v) is 2.20. The third kappa shape index (κ3) is 4.19. The van der Waals surface area contributed by atoms with Crippen molar-refractivity contribution < 1.29 is 5.11 Å². The van der Waals surface area contributed by atoms with Crippen molar-refractivity contribution in [3.05, 3.63) is 71.3 Å². The van der Waals surface area contributed by atoms with E-state index in [1.807, 2.05) is 6.07 Å². The highest BCUT2D eigenvalue weighted by Gasteiger charge is 2.11. The number of nitrogens with one attached hydrogen (secondary N) is 1. The zero-order valence-electron chi connectivity index (χ0n) is 11.3. The van der Waals surface area contributed by atoms with Gasteiger partial charge in [-0.15, -0.1) is 0 Å². The molecule has 2 aromatic rings. The lowest BCUT2D eigenvalue weighted by Gasteiger charge is -2.19. The SMILES string of the molecule is Cc1ccc([C@@H](Cc2ccccc2)NCCO)cc1. The van der Waals surface area contributed by atoms with Crippen LogP contribution in [0.25, 0.3) is 0 Å². The third-order valence-corrected chi connectivity index (χ3v) is 3.26. The average molecular weight is 255 g/mol. The second kappa shape index (κ2) is 7.07. The number of rotatable bonds is 6. The molecule has 0 spiro atoms. The van der Waals surface area contributed by atoms with Crippen LogP contribution in [0.3, 0.4) is 0 Å². The van der Waals surface area contributed by atoms with Gasteiger partial charge < -0.3 is 10.4 Å². The lowest BCUT2D eigenvalue weighted by Crippen LogP contribution is -2.26. The maximum Gasteiger partial charge on any atom is 0.0556 e. The Balaban J connectivity index is 2.13.